The molecule has 0 aliphatic carbocycles. The second-order valence-corrected chi connectivity index (χ2v) is 8.14. The van der Waals surface area contributed by atoms with Crippen LogP contribution in [0.15, 0.2) is 89.5 Å². The molecule has 0 aromatic heterocycles. The van der Waals surface area contributed by atoms with E-state index < -0.39 is 0 Å². The lowest BCUT2D eigenvalue weighted by Gasteiger charge is -2.31. The molecule has 0 spiro atoms. The summed E-state index contributed by atoms with van der Waals surface area (Å²) in [4.78, 5) is 28.4. The second-order valence-electron chi connectivity index (χ2n) is 7.14. The van der Waals surface area contributed by atoms with E-state index in [4.69, 9.17) is 0 Å². The number of carbonyl (C=O) groups is 2. The Hall–Kier alpha value is -3.31. The highest BCUT2D eigenvalue weighted by Crippen LogP contribution is 2.37. The lowest BCUT2D eigenvalue weighted by atomic mass is 9.96. The molecule has 0 N–H and O–H groups in total. The number of carbonyl (C=O) groups excluding carboxylic acids is 2. The third-order valence-electron chi connectivity index (χ3n) is 5.29. The van der Waals surface area contributed by atoms with E-state index >= 15 is 0 Å². The molecule has 0 bridgehead atoms. The highest BCUT2D eigenvalue weighted by atomic mass is 32.2. The minimum atomic E-state index is -0.221. The van der Waals surface area contributed by atoms with E-state index in [-0.39, 0.29) is 11.1 Å². The van der Waals surface area contributed by atoms with Crippen LogP contribution in [0.2, 0.25) is 0 Å². The highest BCUT2D eigenvalue weighted by Gasteiger charge is 2.33. The number of thioether (sulfide) groups is 1. The number of fused-ring (bicyclic) bond motifs is 1. The van der Waals surface area contributed by atoms with Crippen LogP contribution in [0.3, 0.4) is 0 Å². The zero-order valence-corrected chi connectivity index (χ0v) is 18.4. The van der Waals surface area contributed by atoms with E-state index in [2.05, 4.69) is 54.3 Å². The van der Waals surface area contributed by atoms with Gasteiger partial charge in [0.05, 0.1) is 4.91 Å². The molecule has 5 heteroatoms. The Morgan fingerprint density at radius 1 is 0.839 bits per heavy atom. The van der Waals surface area contributed by atoms with Crippen molar-refractivity contribution in [1.82, 2.24) is 4.90 Å². The quantitative estimate of drug-likeness (QED) is 0.539. The Labute approximate surface area is 187 Å². The summed E-state index contributed by atoms with van der Waals surface area (Å²) >= 11 is 0.998. The zero-order chi connectivity index (χ0) is 21.8. The topological polar surface area (TPSA) is 40.6 Å². The van der Waals surface area contributed by atoms with Crippen molar-refractivity contribution in [3.63, 3.8) is 0 Å². The Kier molecular flexibility index (Phi) is 6.23. The second kappa shape index (κ2) is 9.23. The maximum Gasteiger partial charge on any atom is 0.293 e. The molecule has 156 valence electrons. The fourth-order valence-corrected chi connectivity index (χ4v) is 4.58. The van der Waals surface area contributed by atoms with Gasteiger partial charge in [-0.2, -0.15) is 0 Å². The number of nitrogens with zero attached hydrogens (tertiary/aromatic N) is 2. The summed E-state index contributed by atoms with van der Waals surface area (Å²) in [6.45, 7) is 5.09. The first-order valence-electron chi connectivity index (χ1n) is 10.4. The molecule has 1 fully saturated rings. The number of amides is 2. The molecule has 1 saturated heterocycles. The predicted molar refractivity (Wildman–Crippen MR) is 129 cm³/mol. The molecule has 2 aromatic rings. The van der Waals surface area contributed by atoms with Crippen LogP contribution in [-0.4, -0.2) is 29.1 Å². The molecular formula is C26H24N2O2S. The standard InChI is InChI=1S/C26H24N2O2S/c1-3-27-21(16-17-24-25(29)28(4-2)26(30)31-24)18-20(22-12-8-9-13-23(22)27)15-14-19-10-6-5-7-11-19/h5-18H,3-4H2,1-2H3. The lowest BCUT2D eigenvalue weighted by molar-refractivity contribution is -0.122. The molecule has 2 heterocycles. The van der Waals surface area contributed by atoms with Crippen LogP contribution in [0.25, 0.3) is 11.6 Å². The van der Waals surface area contributed by atoms with Gasteiger partial charge in [-0.3, -0.25) is 14.5 Å². The molecule has 0 unspecified atom stereocenters. The number of anilines is 1. The molecule has 0 saturated carbocycles. The fourth-order valence-electron chi connectivity index (χ4n) is 3.73. The van der Waals surface area contributed by atoms with Crippen LogP contribution in [0.5, 0.6) is 0 Å². The SMILES string of the molecule is CCN1C(=O)SC(=CC=C2C=C(C=Cc3ccccc3)c3ccccc3N2CC)C1=O. The number of likely N-dealkylation sites (N-methyl/N-ethyl adjacent to an activating group) is 2. The molecule has 2 aliphatic heterocycles. The first-order valence-corrected chi connectivity index (χ1v) is 11.2. The van der Waals surface area contributed by atoms with Crippen molar-refractivity contribution in [1.29, 1.82) is 0 Å². The molecule has 2 aliphatic rings. The van der Waals surface area contributed by atoms with Gasteiger partial charge in [-0.05, 0) is 61.0 Å². The van der Waals surface area contributed by atoms with Crippen molar-refractivity contribution in [2.75, 3.05) is 18.0 Å². The van der Waals surface area contributed by atoms with Crippen LogP contribution in [0.4, 0.5) is 10.5 Å². The van der Waals surface area contributed by atoms with Crippen LogP contribution >= 0.6 is 11.8 Å². The van der Waals surface area contributed by atoms with Gasteiger partial charge in [0.1, 0.15) is 0 Å². The van der Waals surface area contributed by atoms with Gasteiger partial charge in [0, 0.05) is 30.0 Å². The summed E-state index contributed by atoms with van der Waals surface area (Å²) in [5, 5.41) is -0.208. The smallest absolute Gasteiger partial charge is 0.293 e. The van der Waals surface area contributed by atoms with E-state index in [0.29, 0.717) is 11.4 Å². The van der Waals surface area contributed by atoms with Crippen molar-refractivity contribution in [3.05, 3.63) is 101 Å². The largest absolute Gasteiger partial charge is 0.341 e. The predicted octanol–water partition coefficient (Wildman–Crippen LogP) is 6.11. The third-order valence-corrected chi connectivity index (χ3v) is 6.21. The monoisotopic (exact) mass is 428 g/mol. The summed E-state index contributed by atoms with van der Waals surface area (Å²) in [6.07, 6.45) is 10.1. The lowest BCUT2D eigenvalue weighted by Crippen LogP contribution is -2.27. The van der Waals surface area contributed by atoms with Gasteiger partial charge in [-0.15, -0.1) is 0 Å². The Morgan fingerprint density at radius 2 is 1.55 bits per heavy atom. The van der Waals surface area contributed by atoms with Gasteiger partial charge < -0.3 is 4.90 Å². The summed E-state index contributed by atoms with van der Waals surface area (Å²) < 4.78 is 0. The van der Waals surface area contributed by atoms with E-state index in [1.807, 2.05) is 43.3 Å². The third kappa shape index (κ3) is 4.28. The molecule has 0 radical (unpaired) electrons. The Morgan fingerprint density at radius 3 is 2.26 bits per heavy atom. The molecule has 4 rings (SSSR count). The van der Waals surface area contributed by atoms with E-state index in [1.54, 1.807) is 6.08 Å². The molecule has 2 aromatic carbocycles. The molecular weight excluding hydrogens is 404 g/mol. The Bertz CT molecular complexity index is 1130. The number of imide groups is 1. The number of rotatable bonds is 5. The fraction of sp³-hybridized carbons (Fsp3) is 0.154. The molecule has 2 amide bonds. The van der Waals surface area contributed by atoms with Crippen molar-refractivity contribution in [3.8, 4) is 0 Å². The van der Waals surface area contributed by atoms with Gasteiger partial charge in [-0.25, -0.2) is 0 Å². The normalized spacial score (nSPS) is 19.0. The summed E-state index contributed by atoms with van der Waals surface area (Å²) in [7, 11) is 0. The highest BCUT2D eigenvalue weighted by molar-refractivity contribution is 8.18. The zero-order valence-electron chi connectivity index (χ0n) is 17.6. The number of allylic oxidation sites excluding steroid dienone is 5. The number of hydrogen-bond acceptors (Lipinski definition) is 4. The average Bonchev–Trinajstić information content (AvgIpc) is 3.08. The minimum absolute atomic E-state index is 0.208. The summed E-state index contributed by atoms with van der Waals surface area (Å²) in [5.41, 5.74) is 5.52. The maximum atomic E-state index is 12.4. The van der Waals surface area contributed by atoms with Crippen LogP contribution in [0, 0.1) is 0 Å². The van der Waals surface area contributed by atoms with Crippen molar-refractivity contribution in [2.45, 2.75) is 13.8 Å². The number of hydrogen-bond donors (Lipinski definition) is 0. The molecule has 4 nitrogen and oxygen atoms in total. The van der Waals surface area contributed by atoms with Crippen LogP contribution in [0.1, 0.15) is 25.0 Å². The van der Waals surface area contributed by atoms with Gasteiger partial charge in [-0.1, -0.05) is 60.7 Å². The first kappa shape index (κ1) is 20.9. The minimum Gasteiger partial charge on any atom is -0.341 e. The van der Waals surface area contributed by atoms with Crippen molar-refractivity contribution >= 4 is 40.2 Å². The van der Waals surface area contributed by atoms with Gasteiger partial charge in [0.25, 0.3) is 11.1 Å². The van der Waals surface area contributed by atoms with E-state index in [1.165, 1.54) is 10.5 Å². The van der Waals surface area contributed by atoms with Gasteiger partial charge in [0.2, 0.25) is 0 Å². The summed E-state index contributed by atoms with van der Waals surface area (Å²) in [6, 6.07) is 18.5. The maximum absolute atomic E-state index is 12.4. The Balaban J connectivity index is 1.74. The van der Waals surface area contributed by atoms with E-state index in [0.717, 1.165) is 40.8 Å². The van der Waals surface area contributed by atoms with Crippen molar-refractivity contribution in [2.24, 2.45) is 0 Å². The first-order chi connectivity index (χ1) is 15.1. The molecule has 0 atom stereocenters. The number of para-hydroxylation sites is 1. The summed E-state index contributed by atoms with van der Waals surface area (Å²) in [5.74, 6) is -0.221. The van der Waals surface area contributed by atoms with Gasteiger partial charge >= 0.3 is 0 Å². The number of benzene rings is 2. The van der Waals surface area contributed by atoms with Crippen LogP contribution < -0.4 is 4.90 Å². The van der Waals surface area contributed by atoms with Crippen LogP contribution in [-0.2, 0) is 4.79 Å². The van der Waals surface area contributed by atoms with E-state index in [9.17, 15) is 9.59 Å². The van der Waals surface area contributed by atoms with Crippen molar-refractivity contribution < 1.29 is 9.59 Å². The van der Waals surface area contributed by atoms with Gasteiger partial charge in [0.15, 0.2) is 0 Å². The molecule has 31 heavy (non-hydrogen) atoms. The average molecular weight is 429 g/mol.